The second-order valence-corrected chi connectivity index (χ2v) is 5.58. The molecule has 0 radical (unpaired) electrons. The molecule has 3 rings (SSSR count). The molecule has 0 amide bonds. The molecular formula is C19H15FN4S. The van der Waals surface area contributed by atoms with E-state index in [2.05, 4.69) is 20.9 Å². The summed E-state index contributed by atoms with van der Waals surface area (Å²) in [5.41, 5.74) is 3.08. The molecule has 2 N–H and O–H groups in total. The van der Waals surface area contributed by atoms with Gasteiger partial charge in [0, 0.05) is 11.4 Å². The normalized spacial score (nSPS) is 10.6. The van der Waals surface area contributed by atoms with Crippen LogP contribution in [0.2, 0.25) is 0 Å². The minimum atomic E-state index is -0.287. The SMILES string of the molecule is Fc1ccc(NC(=S)Nc2ccc(N=Nc3ccccc3)cc2)cc1. The van der Waals surface area contributed by atoms with E-state index < -0.39 is 0 Å². The largest absolute Gasteiger partial charge is 0.332 e. The molecule has 4 nitrogen and oxygen atoms in total. The van der Waals surface area contributed by atoms with E-state index in [4.69, 9.17) is 12.2 Å². The van der Waals surface area contributed by atoms with Crippen molar-refractivity contribution < 1.29 is 4.39 Å². The fraction of sp³-hybridized carbons (Fsp3) is 0. The maximum Gasteiger partial charge on any atom is 0.175 e. The highest BCUT2D eigenvalue weighted by molar-refractivity contribution is 7.80. The van der Waals surface area contributed by atoms with Crippen molar-refractivity contribution >= 4 is 40.1 Å². The maximum absolute atomic E-state index is 12.9. The molecule has 0 saturated heterocycles. The van der Waals surface area contributed by atoms with Crippen molar-refractivity contribution in [3.05, 3.63) is 84.7 Å². The molecule has 6 heteroatoms. The van der Waals surface area contributed by atoms with Gasteiger partial charge in [-0.2, -0.15) is 10.2 Å². The average molecular weight is 350 g/mol. The third-order valence-corrected chi connectivity index (χ3v) is 3.47. The fourth-order valence-corrected chi connectivity index (χ4v) is 2.28. The molecule has 3 aromatic rings. The number of hydrogen-bond donors (Lipinski definition) is 2. The van der Waals surface area contributed by atoms with E-state index in [1.54, 1.807) is 12.1 Å². The van der Waals surface area contributed by atoms with Crippen molar-refractivity contribution in [1.29, 1.82) is 0 Å². The molecule has 0 bridgehead atoms. The molecule has 0 aliphatic carbocycles. The second-order valence-electron chi connectivity index (χ2n) is 5.17. The summed E-state index contributed by atoms with van der Waals surface area (Å²) < 4.78 is 12.9. The van der Waals surface area contributed by atoms with E-state index in [0.29, 0.717) is 10.8 Å². The third kappa shape index (κ3) is 5.19. The summed E-state index contributed by atoms with van der Waals surface area (Å²) in [6.45, 7) is 0. The van der Waals surface area contributed by atoms with Gasteiger partial charge in [0.05, 0.1) is 11.4 Å². The lowest BCUT2D eigenvalue weighted by atomic mass is 10.3. The number of hydrogen-bond acceptors (Lipinski definition) is 3. The Morgan fingerprint density at radius 1 is 0.680 bits per heavy atom. The first-order valence-corrected chi connectivity index (χ1v) is 8.00. The Hall–Kier alpha value is -3.12. The van der Waals surface area contributed by atoms with E-state index >= 15 is 0 Å². The molecule has 0 saturated carbocycles. The minimum Gasteiger partial charge on any atom is -0.332 e. The quantitative estimate of drug-likeness (QED) is 0.445. The van der Waals surface area contributed by atoms with Crippen LogP contribution in [0.1, 0.15) is 0 Å². The molecule has 124 valence electrons. The van der Waals surface area contributed by atoms with E-state index in [9.17, 15) is 4.39 Å². The average Bonchev–Trinajstić information content (AvgIpc) is 2.64. The van der Waals surface area contributed by atoms with Gasteiger partial charge in [0.2, 0.25) is 0 Å². The molecule has 0 aromatic heterocycles. The lowest BCUT2D eigenvalue weighted by Crippen LogP contribution is -2.18. The number of azo groups is 1. The molecule has 0 aliphatic heterocycles. The van der Waals surface area contributed by atoms with Crippen LogP contribution in [0.5, 0.6) is 0 Å². The van der Waals surface area contributed by atoms with Gasteiger partial charge in [-0.25, -0.2) is 4.39 Å². The number of thiocarbonyl (C=S) groups is 1. The highest BCUT2D eigenvalue weighted by Crippen LogP contribution is 2.20. The standard InChI is InChI=1S/C19H15FN4S/c20-14-6-8-15(9-7-14)21-19(25)22-16-10-12-18(13-11-16)24-23-17-4-2-1-3-5-17/h1-13H,(H2,21,22,25). The topological polar surface area (TPSA) is 48.8 Å². The van der Waals surface area contributed by atoms with Crippen LogP contribution in [0.3, 0.4) is 0 Å². The van der Waals surface area contributed by atoms with E-state index in [1.165, 1.54) is 12.1 Å². The summed E-state index contributed by atoms with van der Waals surface area (Å²) in [5.74, 6) is -0.287. The van der Waals surface area contributed by atoms with Crippen molar-refractivity contribution in [2.24, 2.45) is 10.2 Å². The lowest BCUT2D eigenvalue weighted by Gasteiger charge is -2.10. The summed E-state index contributed by atoms with van der Waals surface area (Å²) in [5, 5.41) is 14.8. The molecule has 0 heterocycles. The van der Waals surface area contributed by atoms with Gasteiger partial charge in [-0.05, 0) is 72.9 Å². The monoisotopic (exact) mass is 350 g/mol. The van der Waals surface area contributed by atoms with Crippen LogP contribution < -0.4 is 10.6 Å². The zero-order valence-corrected chi connectivity index (χ0v) is 14.0. The Morgan fingerprint density at radius 3 is 1.72 bits per heavy atom. The molecule has 0 spiro atoms. The van der Waals surface area contributed by atoms with Gasteiger partial charge in [0.25, 0.3) is 0 Å². The van der Waals surface area contributed by atoms with Gasteiger partial charge in [-0.3, -0.25) is 0 Å². The van der Waals surface area contributed by atoms with Gasteiger partial charge in [-0.15, -0.1) is 0 Å². The summed E-state index contributed by atoms with van der Waals surface area (Å²) in [6, 6.07) is 22.9. The lowest BCUT2D eigenvalue weighted by molar-refractivity contribution is 0.628. The van der Waals surface area contributed by atoms with Gasteiger partial charge < -0.3 is 10.6 Å². The molecule has 3 aromatic carbocycles. The second kappa shape index (κ2) is 8.12. The number of halogens is 1. The van der Waals surface area contributed by atoms with Gasteiger partial charge in [-0.1, -0.05) is 18.2 Å². The van der Waals surface area contributed by atoms with E-state index in [1.807, 2.05) is 54.6 Å². The van der Waals surface area contributed by atoms with Gasteiger partial charge in [0.1, 0.15) is 5.82 Å². The summed E-state index contributed by atoms with van der Waals surface area (Å²) in [7, 11) is 0. The first-order chi connectivity index (χ1) is 12.2. The number of nitrogens with zero attached hydrogens (tertiary/aromatic N) is 2. The first-order valence-electron chi connectivity index (χ1n) is 7.59. The van der Waals surface area contributed by atoms with Crippen LogP contribution in [0.4, 0.5) is 27.1 Å². The molecule has 0 atom stereocenters. The van der Waals surface area contributed by atoms with Crippen LogP contribution >= 0.6 is 12.2 Å². The van der Waals surface area contributed by atoms with Crippen LogP contribution in [-0.4, -0.2) is 5.11 Å². The van der Waals surface area contributed by atoms with Crippen LogP contribution in [0, 0.1) is 5.82 Å². The zero-order chi connectivity index (χ0) is 17.5. The van der Waals surface area contributed by atoms with Crippen molar-refractivity contribution in [1.82, 2.24) is 0 Å². The Morgan fingerprint density at radius 2 is 1.16 bits per heavy atom. The fourth-order valence-electron chi connectivity index (χ4n) is 2.05. The smallest absolute Gasteiger partial charge is 0.175 e. The van der Waals surface area contributed by atoms with Crippen LogP contribution in [-0.2, 0) is 0 Å². The van der Waals surface area contributed by atoms with E-state index in [-0.39, 0.29) is 5.82 Å². The third-order valence-electron chi connectivity index (χ3n) is 3.26. The van der Waals surface area contributed by atoms with Crippen molar-refractivity contribution in [3.8, 4) is 0 Å². The maximum atomic E-state index is 12.9. The van der Waals surface area contributed by atoms with Crippen molar-refractivity contribution in [2.45, 2.75) is 0 Å². The highest BCUT2D eigenvalue weighted by Gasteiger charge is 2.00. The summed E-state index contributed by atoms with van der Waals surface area (Å²) in [4.78, 5) is 0. The van der Waals surface area contributed by atoms with Crippen molar-refractivity contribution in [2.75, 3.05) is 10.6 Å². The molecule has 0 fully saturated rings. The van der Waals surface area contributed by atoms with Crippen LogP contribution in [0.15, 0.2) is 89.1 Å². The molecule has 0 aliphatic rings. The van der Waals surface area contributed by atoms with Gasteiger partial charge >= 0.3 is 0 Å². The number of anilines is 2. The zero-order valence-electron chi connectivity index (χ0n) is 13.2. The Labute approximate surface area is 150 Å². The molecule has 25 heavy (non-hydrogen) atoms. The summed E-state index contributed by atoms with van der Waals surface area (Å²) in [6.07, 6.45) is 0. The Bertz CT molecular complexity index is 862. The van der Waals surface area contributed by atoms with Crippen LogP contribution in [0.25, 0.3) is 0 Å². The Balaban J connectivity index is 1.57. The molecular weight excluding hydrogens is 335 g/mol. The predicted molar refractivity (Wildman–Crippen MR) is 103 cm³/mol. The first kappa shape index (κ1) is 16.7. The Kier molecular flexibility index (Phi) is 5.43. The number of benzene rings is 3. The molecule has 0 unspecified atom stereocenters. The number of rotatable bonds is 4. The van der Waals surface area contributed by atoms with E-state index in [0.717, 1.165) is 17.1 Å². The van der Waals surface area contributed by atoms with Gasteiger partial charge in [0.15, 0.2) is 5.11 Å². The predicted octanol–water partition coefficient (Wildman–Crippen LogP) is 6.05. The van der Waals surface area contributed by atoms with Crippen molar-refractivity contribution in [3.63, 3.8) is 0 Å². The number of nitrogens with one attached hydrogen (secondary N) is 2. The minimum absolute atomic E-state index is 0.287. The summed E-state index contributed by atoms with van der Waals surface area (Å²) >= 11 is 5.24. The highest BCUT2D eigenvalue weighted by atomic mass is 32.1.